The smallest absolute Gasteiger partial charge is 0.324 e. The summed E-state index contributed by atoms with van der Waals surface area (Å²) < 4.78 is 5.27. The molecule has 2 rings (SSSR count). The number of carbonyl (C=O) groups excluding carboxylic acids is 1. The van der Waals surface area contributed by atoms with Crippen LogP contribution in [0, 0.1) is 0 Å². The summed E-state index contributed by atoms with van der Waals surface area (Å²) in [6.07, 6.45) is 0. The van der Waals surface area contributed by atoms with Gasteiger partial charge >= 0.3 is 6.03 Å². The van der Waals surface area contributed by atoms with Crippen LogP contribution in [0.3, 0.4) is 0 Å². The number of urea groups is 1. The van der Waals surface area contributed by atoms with Gasteiger partial charge in [0.05, 0.1) is 18.8 Å². The van der Waals surface area contributed by atoms with Crippen LogP contribution in [0.2, 0.25) is 0 Å². The fraction of sp³-hybridized carbons (Fsp3) is 0.417. The second kappa shape index (κ2) is 4.63. The van der Waals surface area contributed by atoms with E-state index >= 15 is 0 Å². The van der Waals surface area contributed by atoms with Gasteiger partial charge in [-0.05, 0) is 12.1 Å². The van der Waals surface area contributed by atoms with Crippen LogP contribution in [-0.4, -0.2) is 44.2 Å². The molecule has 1 saturated heterocycles. The van der Waals surface area contributed by atoms with E-state index in [0.717, 1.165) is 5.69 Å². The summed E-state index contributed by atoms with van der Waals surface area (Å²) in [6, 6.07) is 7.52. The second-order valence-corrected chi connectivity index (χ2v) is 4.07. The van der Waals surface area contributed by atoms with Crippen molar-refractivity contribution >= 4 is 11.7 Å². The summed E-state index contributed by atoms with van der Waals surface area (Å²) in [5.74, 6) is 0.701. The van der Waals surface area contributed by atoms with Gasteiger partial charge in [-0.3, -0.25) is 4.90 Å². The number of nitrogens with two attached hydrogens (primary N) is 1. The Kier molecular flexibility index (Phi) is 3.19. The summed E-state index contributed by atoms with van der Waals surface area (Å²) in [7, 11) is 3.37. The van der Waals surface area contributed by atoms with Crippen LogP contribution >= 0.6 is 0 Å². The highest BCUT2D eigenvalue weighted by atomic mass is 16.5. The number of anilines is 1. The molecule has 5 nitrogen and oxygen atoms in total. The van der Waals surface area contributed by atoms with Gasteiger partial charge < -0.3 is 15.4 Å². The predicted molar refractivity (Wildman–Crippen MR) is 66.3 cm³/mol. The molecule has 0 radical (unpaired) electrons. The number of ether oxygens (including phenoxy) is 1. The number of methoxy groups -OCH3 is 1. The van der Waals surface area contributed by atoms with Crippen LogP contribution in [-0.2, 0) is 0 Å². The number of rotatable bonds is 3. The molecule has 0 saturated carbocycles. The molecule has 17 heavy (non-hydrogen) atoms. The molecule has 1 aromatic rings. The third-order valence-corrected chi connectivity index (χ3v) is 3.12. The van der Waals surface area contributed by atoms with Gasteiger partial charge in [0.25, 0.3) is 0 Å². The average molecular weight is 235 g/mol. The largest absolute Gasteiger partial charge is 0.495 e. The Morgan fingerprint density at radius 3 is 2.76 bits per heavy atom. The van der Waals surface area contributed by atoms with Crippen molar-refractivity contribution in [2.45, 2.75) is 6.04 Å². The predicted octanol–water partition coefficient (Wildman–Crippen LogP) is 0.894. The molecule has 5 heteroatoms. The topological polar surface area (TPSA) is 58.8 Å². The van der Waals surface area contributed by atoms with Gasteiger partial charge in [0, 0.05) is 20.1 Å². The normalized spacial score (nSPS) is 19.9. The van der Waals surface area contributed by atoms with E-state index in [1.165, 1.54) is 0 Å². The SMILES string of the molecule is COc1ccccc1N1CC(CN)N(C)C1=O. The van der Waals surface area contributed by atoms with E-state index in [9.17, 15) is 4.79 Å². The number of nitrogens with zero attached hydrogens (tertiary/aromatic N) is 2. The highest BCUT2D eigenvalue weighted by Crippen LogP contribution is 2.31. The van der Waals surface area contributed by atoms with Crippen molar-refractivity contribution in [3.63, 3.8) is 0 Å². The molecule has 1 heterocycles. The molecule has 0 aromatic heterocycles. The first-order valence-corrected chi connectivity index (χ1v) is 5.56. The van der Waals surface area contributed by atoms with Crippen molar-refractivity contribution < 1.29 is 9.53 Å². The summed E-state index contributed by atoms with van der Waals surface area (Å²) in [5, 5.41) is 0. The van der Waals surface area contributed by atoms with Crippen molar-refractivity contribution in [1.82, 2.24) is 4.90 Å². The number of carbonyl (C=O) groups is 1. The lowest BCUT2D eigenvalue weighted by atomic mass is 10.2. The van der Waals surface area contributed by atoms with Gasteiger partial charge in [0.2, 0.25) is 0 Å². The third kappa shape index (κ3) is 1.93. The summed E-state index contributed by atoms with van der Waals surface area (Å²) in [5.41, 5.74) is 6.44. The van der Waals surface area contributed by atoms with Gasteiger partial charge in [-0.15, -0.1) is 0 Å². The fourth-order valence-corrected chi connectivity index (χ4v) is 2.04. The maximum Gasteiger partial charge on any atom is 0.324 e. The molecule has 1 aliphatic heterocycles. The fourth-order valence-electron chi connectivity index (χ4n) is 2.04. The molecular formula is C12H17N3O2. The van der Waals surface area contributed by atoms with Crippen molar-refractivity contribution in [2.24, 2.45) is 5.73 Å². The van der Waals surface area contributed by atoms with Gasteiger partial charge in [-0.25, -0.2) is 4.79 Å². The van der Waals surface area contributed by atoms with E-state index in [1.807, 2.05) is 24.3 Å². The summed E-state index contributed by atoms with van der Waals surface area (Å²) >= 11 is 0. The zero-order chi connectivity index (χ0) is 12.4. The molecular weight excluding hydrogens is 218 g/mol. The number of amides is 2. The zero-order valence-corrected chi connectivity index (χ0v) is 10.1. The van der Waals surface area contributed by atoms with E-state index in [1.54, 1.807) is 24.0 Å². The first-order chi connectivity index (χ1) is 8.19. The number of likely N-dealkylation sites (N-methyl/N-ethyl adjacent to an activating group) is 1. The molecule has 1 unspecified atom stereocenters. The van der Waals surface area contributed by atoms with Crippen molar-refractivity contribution in [2.75, 3.05) is 32.1 Å². The molecule has 0 bridgehead atoms. The second-order valence-electron chi connectivity index (χ2n) is 4.07. The molecule has 0 aliphatic carbocycles. The quantitative estimate of drug-likeness (QED) is 0.846. The number of hydrogen-bond donors (Lipinski definition) is 1. The Labute approximate surface area is 101 Å². The Hall–Kier alpha value is -1.75. The summed E-state index contributed by atoms with van der Waals surface area (Å²) in [4.78, 5) is 15.5. The van der Waals surface area contributed by atoms with E-state index in [2.05, 4.69) is 0 Å². The van der Waals surface area contributed by atoms with Crippen LogP contribution in [0.15, 0.2) is 24.3 Å². The van der Waals surface area contributed by atoms with Crippen LogP contribution in [0.25, 0.3) is 0 Å². The Bertz CT molecular complexity index is 422. The summed E-state index contributed by atoms with van der Waals surface area (Å²) in [6.45, 7) is 1.07. The molecule has 1 aliphatic rings. The van der Waals surface area contributed by atoms with Crippen molar-refractivity contribution in [1.29, 1.82) is 0 Å². The first kappa shape index (κ1) is 11.7. The van der Waals surface area contributed by atoms with E-state index in [4.69, 9.17) is 10.5 Å². The van der Waals surface area contributed by atoms with Crippen LogP contribution in [0.4, 0.5) is 10.5 Å². The minimum atomic E-state index is -0.0371. The van der Waals surface area contributed by atoms with Crippen LogP contribution in [0.5, 0.6) is 5.75 Å². The van der Waals surface area contributed by atoms with E-state index < -0.39 is 0 Å². The molecule has 92 valence electrons. The van der Waals surface area contributed by atoms with Gasteiger partial charge in [-0.1, -0.05) is 12.1 Å². The van der Waals surface area contributed by atoms with Gasteiger partial charge in [0.15, 0.2) is 0 Å². The Balaban J connectivity index is 2.32. The Morgan fingerprint density at radius 2 is 2.18 bits per heavy atom. The maximum atomic E-state index is 12.1. The monoisotopic (exact) mass is 235 g/mol. The van der Waals surface area contributed by atoms with Crippen molar-refractivity contribution in [3.05, 3.63) is 24.3 Å². The average Bonchev–Trinajstić information content (AvgIpc) is 2.66. The van der Waals surface area contributed by atoms with E-state index in [-0.39, 0.29) is 12.1 Å². The lowest BCUT2D eigenvalue weighted by Gasteiger charge is -2.18. The standard InChI is InChI=1S/C12H17N3O2/c1-14-9(7-13)8-15(12(14)16)10-5-3-4-6-11(10)17-2/h3-6,9H,7-8,13H2,1-2H3. The number of benzene rings is 1. The third-order valence-electron chi connectivity index (χ3n) is 3.12. The molecule has 0 spiro atoms. The molecule has 1 aromatic carbocycles. The van der Waals surface area contributed by atoms with Crippen molar-refractivity contribution in [3.8, 4) is 5.75 Å². The van der Waals surface area contributed by atoms with Crippen LogP contribution in [0.1, 0.15) is 0 Å². The highest BCUT2D eigenvalue weighted by molar-refractivity contribution is 5.96. The molecule has 1 fully saturated rings. The van der Waals surface area contributed by atoms with Gasteiger partial charge in [0.1, 0.15) is 5.75 Å². The highest BCUT2D eigenvalue weighted by Gasteiger charge is 2.35. The maximum absolute atomic E-state index is 12.1. The van der Waals surface area contributed by atoms with Gasteiger partial charge in [-0.2, -0.15) is 0 Å². The molecule has 2 amide bonds. The van der Waals surface area contributed by atoms with Crippen LogP contribution < -0.4 is 15.4 Å². The first-order valence-electron chi connectivity index (χ1n) is 5.56. The molecule has 1 atom stereocenters. The number of hydrogen-bond acceptors (Lipinski definition) is 3. The zero-order valence-electron chi connectivity index (χ0n) is 10.1. The lowest BCUT2D eigenvalue weighted by molar-refractivity contribution is 0.219. The van der Waals surface area contributed by atoms with E-state index in [0.29, 0.717) is 18.8 Å². The minimum Gasteiger partial charge on any atom is -0.495 e. The molecule has 2 N–H and O–H groups in total. The Morgan fingerprint density at radius 1 is 1.47 bits per heavy atom. The number of para-hydroxylation sites is 2. The minimum absolute atomic E-state index is 0.0371. The lowest BCUT2D eigenvalue weighted by Crippen LogP contribution is -2.35.